The quantitative estimate of drug-likeness (QED) is 0.234. The second kappa shape index (κ2) is 8.29. The van der Waals surface area contributed by atoms with Crippen molar-refractivity contribution in [3.8, 4) is 5.69 Å². The number of fused-ring (bicyclic) bond motifs is 1. The lowest BCUT2D eigenvalue weighted by atomic mass is 10.2. The molecule has 0 saturated heterocycles. The van der Waals surface area contributed by atoms with E-state index in [1.165, 1.54) is 11.8 Å². The van der Waals surface area contributed by atoms with Crippen molar-refractivity contribution >= 4 is 61.8 Å². The van der Waals surface area contributed by atoms with Crippen molar-refractivity contribution in [2.75, 3.05) is 0 Å². The van der Waals surface area contributed by atoms with Gasteiger partial charge in [0.25, 0.3) is 5.56 Å². The van der Waals surface area contributed by atoms with Gasteiger partial charge in [0, 0.05) is 15.2 Å². The van der Waals surface area contributed by atoms with E-state index in [9.17, 15) is 4.79 Å². The molecular weight excluding hydrogens is 479 g/mol. The molecule has 0 aliphatic carbocycles. The van der Waals surface area contributed by atoms with Crippen LogP contribution in [0.1, 0.15) is 5.56 Å². The number of thioether (sulfide) groups is 1. The molecule has 7 heteroatoms. The molecule has 0 N–H and O–H groups in total. The van der Waals surface area contributed by atoms with E-state index in [0.717, 1.165) is 10.0 Å². The maximum absolute atomic E-state index is 13.3. The third-order valence-electron chi connectivity index (χ3n) is 4.18. The lowest BCUT2D eigenvalue weighted by Crippen LogP contribution is -2.22. The summed E-state index contributed by atoms with van der Waals surface area (Å²) in [5.74, 6) is 0.663. The van der Waals surface area contributed by atoms with Crippen LogP contribution in [0.2, 0.25) is 10.0 Å². The number of nitrogens with zero attached hydrogens (tertiary/aromatic N) is 2. The van der Waals surface area contributed by atoms with Crippen molar-refractivity contribution in [1.82, 2.24) is 9.55 Å². The van der Waals surface area contributed by atoms with Gasteiger partial charge in [-0.2, -0.15) is 0 Å². The van der Waals surface area contributed by atoms with E-state index in [1.807, 2.05) is 42.5 Å². The van der Waals surface area contributed by atoms with Crippen LogP contribution in [0.25, 0.3) is 16.6 Å². The topological polar surface area (TPSA) is 34.9 Å². The van der Waals surface area contributed by atoms with Gasteiger partial charge in [-0.05, 0) is 48.0 Å². The Morgan fingerprint density at radius 2 is 1.75 bits per heavy atom. The third kappa shape index (κ3) is 3.98. The van der Waals surface area contributed by atoms with Gasteiger partial charge >= 0.3 is 0 Å². The number of hydrogen-bond acceptors (Lipinski definition) is 3. The largest absolute Gasteiger partial charge is 0.268 e. The first-order chi connectivity index (χ1) is 13.5. The number of para-hydroxylation sites is 1. The van der Waals surface area contributed by atoms with Gasteiger partial charge in [-0.1, -0.05) is 75.2 Å². The average Bonchev–Trinajstić information content (AvgIpc) is 2.70. The van der Waals surface area contributed by atoms with E-state index in [0.29, 0.717) is 37.5 Å². The first kappa shape index (κ1) is 19.5. The lowest BCUT2D eigenvalue weighted by molar-refractivity contribution is 0.820. The SMILES string of the molecule is O=c1c2ccccc2nc(SCc2ccc(Br)cc2)n1-c1cc(Cl)ccc1Cl. The Morgan fingerprint density at radius 1 is 1.00 bits per heavy atom. The average molecular weight is 492 g/mol. The van der Waals surface area contributed by atoms with Gasteiger partial charge in [0.2, 0.25) is 0 Å². The van der Waals surface area contributed by atoms with E-state index in [2.05, 4.69) is 15.9 Å². The molecule has 0 fully saturated rings. The Kier molecular flexibility index (Phi) is 5.78. The molecule has 0 spiro atoms. The zero-order valence-corrected chi connectivity index (χ0v) is 18.3. The Balaban J connectivity index is 1.87. The molecule has 0 amide bonds. The molecule has 0 saturated carbocycles. The molecule has 4 rings (SSSR count). The highest BCUT2D eigenvalue weighted by atomic mass is 79.9. The zero-order chi connectivity index (χ0) is 19.7. The molecule has 4 aromatic rings. The highest BCUT2D eigenvalue weighted by Crippen LogP contribution is 2.29. The predicted octanol–water partition coefficient (Wildman–Crippen LogP) is 6.75. The van der Waals surface area contributed by atoms with Gasteiger partial charge in [0.05, 0.1) is 21.6 Å². The number of benzene rings is 3. The summed E-state index contributed by atoms with van der Waals surface area (Å²) in [6.07, 6.45) is 0. The van der Waals surface area contributed by atoms with Gasteiger partial charge in [-0.15, -0.1) is 0 Å². The molecule has 0 bridgehead atoms. The highest BCUT2D eigenvalue weighted by Gasteiger charge is 2.16. The summed E-state index contributed by atoms with van der Waals surface area (Å²) >= 11 is 17.5. The minimum absolute atomic E-state index is 0.173. The van der Waals surface area contributed by atoms with E-state index in [4.69, 9.17) is 28.2 Å². The Bertz CT molecular complexity index is 1230. The smallest absolute Gasteiger partial charge is 0.266 e. The summed E-state index contributed by atoms with van der Waals surface area (Å²) in [5.41, 5.74) is 2.13. The van der Waals surface area contributed by atoms with Crippen molar-refractivity contribution in [3.05, 3.63) is 97.2 Å². The van der Waals surface area contributed by atoms with Crippen molar-refractivity contribution in [2.45, 2.75) is 10.9 Å². The van der Waals surface area contributed by atoms with Crippen molar-refractivity contribution in [2.24, 2.45) is 0 Å². The van der Waals surface area contributed by atoms with Crippen LogP contribution in [-0.4, -0.2) is 9.55 Å². The lowest BCUT2D eigenvalue weighted by Gasteiger charge is -2.15. The normalized spacial score (nSPS) is 11.1. The Hall–Kier alpha value is -1.79. The molecule has 3 aromatic carbocycles. The fourth-order valence-electron chi connectivity index (χ4n) is 2.81. The van der Waals surface area contributed by atoms with Gasteiger partial charge < -0.3 is 0 Å². The maximum Gasteiger partial charge on any atom is 0.266 e. The fourth-order valence-corrected chi connectivity index (χ4v) is 4.40. The van der Waals surface area contributed by atoms with Crippen LogP contribution in [0, 0.1) is 0 Å². The molecule has 28 heavy (non-hydrogen) atoms. The van der Waals surface area contributed by atoms with Crippen molar-refractivity contribution in [1.29, 1.82) is 0 Å². The molecule has 3 nitrogen and oxygen atoms in total. The van der Waals surface area contributed by atoms with Crippen LogP contribution in [0.15, 0.2) is 81.2 Å². The first-order valence-electron chi connectivity index (χ1n) is 8.37. The summed E-state index contributed by atoms with van der Waals surface area (Å²) in [6, 6.07) is 20.4. The van der Waals surface area contributed by atoms with E-state index in [-0.39, 0.29) is 5.56 Å². The summed E-state index contributed by atoms with van der Waals surface area (Å²) in [6.45, 7) is 0. The van der Waals surface area contributed by atoms with Gasteiger partial charge in [-0.3, -0.25) is 9.36 Å². The van der Waals surface area contributed by atoms with Gasteiger partial charge in [0.1, 0.15) is 0 Å². The monoisotopic (exact) mass is 490 g/mol. The van der Waals surface area contributed by atoms with E-state index in [1.54, 1.807) is 28.8 Å². The van der Waals surface area contributed by atoms with E-state index < -0.39 is 0 Å². The molecular formula is C21H13BrCl2N2OS. The first-order valence-corrected chi connectivity index (χ1v) is 10.9. The van der Waals surface area contributed by atoms with Crippen molar-refractivity contribution < 1.29 is 0 Å². The third-order valence-corrected chi connectivity index (χ3v) is 6.27. The van der Waals surface area contributed by atoms with E-state index >= 15 is 0 Å². The molecule has 1 aromatic heterocycles. The van der Waals surface area contributed by atoms with Crippen LogP contribution in [0.5, 0.6) is 0 Å². The minimum Gasteiger partial charge on any atom is -0.268 e. The number of hydrogen-bond donors (Lipinski definition) is 0. The van der Waals surface area contributed by atoms with Gasteiger partial charge in [-0.25, -0.2) is 4.98 Å². The highest BCUT2D eigenvalue weighted by molar-refractivity contribution is 9.10. The van der Waals surface area contributed by atoms with Crippen LogP contribution >= 0.6 is 50.9 Å². The summed E-state index contributed by atoms with van der Waals surface area (Å²) in [7, 11) is 0. The minimum atomic E-state index is -0.173. The maximum atomic E-state index is 13.3. The fraction of sp³-hybridized carbons (Fsp3) is 0.0476. The summed E-state index contributed by atoms with van der Waals surface area (Å²) < 4.78 is 2.56. The zero-order valence-electron chi connectivity index (χ0n) is 14.4. The predicted molar refractivity (Wildman–Crippen MR) is 121 cm³/mol. The molecule has 0 atom stereocenters. The molecule has 140 valence electrons. The molecule has 1 heterocycles. The van der Waals surface area contributed by atoms with Crippen LogP contribution in [-0.2, 0) is 5.75 Å². The number of rotatable bonds is 4. The number of halogens is 3. The van der Waals surface area contributed by atoms with Gasteiger partial charge in [0.15, 0.2) is 5.16 Å². The molecule has 0 unspecified atom stereocenters. The standard InChI is InChI=1S/C21H13BrCl2N2OS/c22-14-7-5-13(6-8-14)12-28-21-25-18-4-2-1-3-16(18)20(27)26(21)19-11-15(23)9-10-17(19)24/h1-11H,12H2. The van der Waals surface area contributed by atoms with Crippen LogP contribution < -0.4 is 5.56 Å². The van der Waals surface area contributed by atoms with Crippen LogP contribution in [0.3, 0.4) is 0 Å². The molecule has 0 aliphatic heterocycles. The Morgan fingerprint density at radius 3 is 2.54 bits per heavy atom. The second-order valence-corrected chi connectivity index (χ2v) is 8.76. The summed E-state index contributed by atoms with van der Waals surface area (Å²) in [5, 5.41) is 2.04. The van der Waals surface area contributed by atoms with Crippen molar-refractivity contribution in [3.63, 3.8) is 0 Å². The number of aromatic nitrogens is 2. The Labute approximate surface area is 184 Å². The second-order valence-electron chi connectivity index (χ2n) is 6.06. The summed E-state index contributed by atoms with van der Waals surface area (Å²) in [4.78, 5) is 18.0. The van der Waals surface area contributed by atoms with Crippen LogP contribution in [0.4, 0.5) is 0 Å². The molecule has 0 aliphatic rings. The molecule has 0 radical (unpaired) electrons.